The van der Waals surface area contributed by atoms with Gasteiger partial charge in [0.25, 0.3) is 0 Å². The molecule has 0 radical (unpaired) electrons. The Bertz CT molecular complexity index is 647. The second-order valence-electron chi connectivity index (χ2n) is 4.93. The number of hydrogen-bond donors (Lipinski definition) is 2. The maximum atomic E-state index is 9.32. The van der Waals surface area contributed by atoms with Crippen molar-refractivity contribution in [3.63, 3.8) is 0 Å². The number of nitrogens with one attached hydrogen (secondary N) is 1. The number of aromatic nitrogens is 1. The number of nitrogens with zero attached hydrogens (tertiary/aromatic N) is 1. The molecule has 3 heteroatoms. The molecule has 1 fully saturated rings. The van der Waals surface area contributed by atoms with E-state index in [1.807, 2.05) is 24.4 Å². The van der Waals surface area contributed by atoms with Crippen molar-refractivity contribution in [3.8, 4) is 28.7 Å². The summed E-state index contributed by atoms with van der Waals surface area (Å²) in [5.41, 5.74) is 2.96. The molecule has 2 heterocycles. The van der Waals surface area contributed by atoms with Crippen LogP contribution in [0.25, 0.3) is 11.1 Å². The monoisotopic (exact) mass is 264 g/mol. The fourth-order valence-electron chi connectivity index (χ4n) is 2.30. The van der Waals surface area contributed by atoms with Gasteiger partial charge < -0.3 is 10.4 Å². The summed E-state index contributed by atoms with van der Waals surface area (Å²) in [4.78, 5) is 4.24. The Morgan fingerprint density at radius 3 is 2.75 bits per heavy atom. The first-order valence-electron chi connectivity index (χ1n) is 6.81. The van der Waals surface area contributed by atoms with Crippen LogP contribution in [0.15, 0.2) is 42.7 Å². The molecule has 1 saturated heterocycles. The van der Waals surface area contributed by atoms with E-state index in [-0.39, 0.29) is 5.75 Å². The molecule has 0 unspecified atom stereocenters. The van der Waals surface area contributed by atoms with Crippen LogP contribution in [0.1, 0.15) is 18.4 Å². The third-order valence-corrected chi connectivity index (χ3v) is 3.39. The average Bonchev–Trinajstić information content (AvgIpc) is 3.00. The van der Waals surface area contributed by atoms with E-state index in [4.69, 9.17) is 0 Å². The normalized spacial score (nSPS) is 17.5. The highest BCUT2D eigenvalue weighted by atomic mass is 16.3. The maximum Gasteiger partial charge on any atom is 0.115 e. The minimum absolute atomic E-state index is 0.268. The van der Waals surface area contributed by atoms with Crippen molar-refractivity contribution < 1.29 is 5.11 Å². The first kappa shape index (κ1) is 12.7. The van der Waals surface area contributed by atoms with Crippen LogP contribution in [-0.2, 0) is 0 Å². The summed E-state index contributed by atoms with van der Waals surface area (Å²) in [5.74, 6) is 6.70. The first-order valence-corrected chi connectivity index (χ1v) is 6.81. The first-order chi connectivity index (χ1) is 9.81. The summed E-state index contributed by atoms with van der Waals surface area (Å²) in [6.07, 6.45) is 5.92. The van der Waals surface area contributed by atoms with Crippen molar-refractivity contribution >= 4 is 0 Å². The molecule has 0 bridgehead atoms. The molecular weight excluding hydrogens is 248 g/mol. The van der Waals surface area contributed by atoms with Crippen molar-refractivity contribution in [1.82, 2.24) is 10.3 Å². The topological polar surface area (TPSA) is 45.2 Å². The molecule has 0 amide bonds. The molecule has 1 aliphatic rings. The lowest BCUT2D eigenvalue weighted by Gasteiger charge is -2.02. The molecule has 20 heavy (non-hydrogen) atoms. The number of aromatic hydroxyl groups is 1. The van der Waals surface area contributed by atoms with E-state index in [0.717, 1.165) is 29.7 Å². The highest BCUT2D eigenvalue weighted by Gasteiger charge is 2.09. The van der Waals surface area contributed by atoms with Gasteiger partial charge in [0.15, 0.2) is 0 Å². The van der Waals surface area contributed by atoms with Crippen LogP contribution in [0.5, 0.6) is 5.75 Å². The standard InChI is InChI=1S/C17H16N2O/c20-17-7-4-14(5-8-17)15-10-13(11-18-12-15)3-6-16-2-1-9-19-16/h4-5,7-8,10-12,16,19-20H,1-2,9H2/t16-/m0/s1. The minimum Gasteiger partial charge on any atom is -0.508 e. The third-order valence-electron chi connectivity index (χ3n) is 3.39. The lowest BCUT2D eigenvalue weighted by atomic mass is 10.1. The quantitative estimate of drug-likeness (QED) is 0.778. The van der Waals surface area contributed by atoms with Gasteiger partial charge in [0.2, 0.25) is 0 Å². The average molecular weight is 264 g/mol. The fraction of sp³-hybridized carbons (Fsp3) is 0.235. The Morgan fingerprint density at radius 2 is 2.00 bits per heavy atom. The van der Waals surface area contributed by atoms with Gasteiger partial charge in [0, 0.05) is 23.5 Å². The van der Waals surface area contributed by atoms with Crippen molar-refractivity contribution in [2.24, 2.45) is 0 Å². The van der Waals surface area contributed by atoms with E-state index < -0.39 is 0 Å². The molecule has 100 valence electrons. The second kappa shape index (κ2) is 5.77. The van der Waals surface area contributed by atoms with E-state index >= 15 is 0 Å². The van der Waals surface area contributed by atoms with Crippen molar-refractivity contribution in [3.05, 3.63) is 48.3 Å². The molecule has 1 aliphatic heterocycles. The smallest absolute Gasteiger partial charge is 0.115 e. The van der Waals surface area contributed by atoms with Gasteiger partial charge >= 0.3 is 0 Å². The van der Waals surface area contributed by atoms with Crippen molar-refractivity contribution in [1.29, 1.82) is 0 Å². The SMILES string of the molecule is Oc1ccc(-c2cncc(C#C[C@@H]3CCCN3)c2)cc1. The van der Waals surface area contributed by atoms with E-state index in [9.17, 15) is 5.11 Å². The molecule has 3 nitrogen and oxygen atoms in total. The molecule has 2 N–H and O–H groups in total. The van der Waals surface area contributed by atoms with Gasteiger partial charge in [-0.1, -0.05) is 24.0 Å². The van der Waals surface area contributed by atoms with Crippen molar-refractivity contribution in [2.45, 2.75) is 18.9 Å². The molecule has 1 aromatic heterocycles. The van der Waals surface area contributed by atoms with Gasteiger partial charge in [-0.15, -0.1) is 0 Å². The van der Waals surface area contributed by atoms with E-state index in [2.05, 4.69) is 22.1 Å². The zero-order valence-corrected chi connectivity index (χ0v) is 11.1. The lowest BCUT2D eigenvalue weighted by Crippen LogP contribution is -2.18. The van der Waals surface area contributed by atoms with Crippen LogP contribution < -0.4 is 5.32 Å². The van der Waals surface area contributed by atoms with Crippen LogP contribution >= 0.6 is 0 Å². The fourth-order valence-corrected chi connectivity index (χ4v) is 2.30. The highest BCUT2D eigenvalue weighted by molar-refractivity contribution is 5.64. The van der Waals surface area contributed by atoms with Crippen LogP contribution in [0.2, 0.25) is 0 Å². The number of hydrogen-bond acceptors (Lipinski definition) is 3. The molecule has 3 rings (SSSR count). The molecule has 1 aromatic carbocycles. The maximum absolute atomic E-state index is 9.32. The van der Waals surface area contributed by atoms with Gasteiger partial charge in [-0.25, -0.2) is 0 Å². The van der Waals surface area contributed by atoms with Crippen LogP contribution in [0.3, 0.4) is 0 Å². The summed E-state index contributed by atoms with van der Waals surface area (Å²) in [6.45, 7) is 1.06. The Labute approximate surface area is 118 Å². The predicted octanol–water partition coefficient (Wildman–Crippen LogP) is 2.56. The Morgan fingerprint density at radius 1 is 1.15 bits per heavy atom. The predicted molar refractivity (Wildman–Crippen MR) is 79.2 cm³/mol. The Hall–Kier alpha value is -2.31. The number of pyridine rings is 1. The highest BCUT2D eigenvalue weighted by Crippen LogP contribution is 2.21. The largest absolute Gasteiger partial charge is 0.508 e. The number of phenolic OH excluding ortho intramolecular Hbond substituents is 1. The van der Waals surface area contributed by atoms with Gasteiger partial charge in [-0.3, -0.25) is 4.98 Å². The third kappa shape index (κ3) is 2.98. The zero-order chi connectivity index (χ0) is 13.8. The summed E-state index contributed by atoms with van der Waals surface area (Å²) in [7, 11) is 0. The van der Waals surface area contributed by atoms with Crippen molar-refractivity contribution in [2.75, 3.05) is 6.54 Å². The van der Waals surface area contributed by atoms with E-state index in [1.54, 1.807) is 18.3 Å². The molecular formula is C17H16N2O. The Balaban J connectivity index is 1.83. The summed E-state index contributed by atoms with van der Waals surface area (Å²) < 4.78 is 0. The summed E-state index contributed by atoms with van der Waals surface area (Å²) >= 11 is 0. The number of phenols is 1. The van der Waals surface area contributed by atoms with Crippen LogP contribution in [0.4, 0.5) is 0 Å². The summed E-state index contributed by atoms with van der Waals surface area (Å²) in [6, 6.07) is 9.45. The number of rotatable bonds is 1. The van der Waals surface area contributed by atoms with E-state index in [0.29, 0.717) is 6.04 Å². The van der Waals surface area contributed by atoms with Gasteiger partial charge in [0.05, 0.1) is 6.04 Å². The molecule has 1 atom stereocenters. The Kier molecular flexibility index (Phi) is 3.67. The van der Waals surface area contributed by atoms with Crippen LogP contribution in [-0.4, -0.2) is 22.7 Å². The van der Waals surface area contributed by atoms with E-state index in [1.165, 1.54) is 6.42 Å². The van der Waals surface area contributed by atoms with Crippen LogP contribution in [0, 0.1) is 11.8 Å². The zero-order valence-electron chi connectivity index (χ0n) is 11.1. The summed E-state index contributed by atoms with van der Waals surface area (Å²) in [5, 5.41) is 12.7. The van der Waals surface area contributed by atoms with Gasteiger partial charge in [0.1, 0.15) is 5.75 Å². The lowest BCUT2D eigenvalue weighted by molar-refractivity contribution is 0.475. The molecule has 0 aliphatic carbocycles. The second-order valence-corrected chi connectivity index (χ2v) is 4.93. The van der Waals surface area contributed by atoms with Gasteiger partial charge in [-0.05, 0) is 43.1 Å². The molecule has 2 aromatic rings. The minimum atomic E-state index is 0.268. The van der Waals surface area contributed by atoms with Gasteiger partial charge in [-0.2, -0.15) is 0 Å². The molecule has 0 saturated carbocycles. The molecule has 0 spiro atoms. The number of benzene rings is 1.